The number of rotatable bonds is 11. The van der Waals surface area contributed by atoms with Gasteiger partial charge in [0.25, 0.3) is 0 Å². The maximum atomic E-state index is 13.6. The van der Waals surface area contributed by atoms with Crippen LogP contribution in [0.25, 0.3) is 0 Å². The molecule has 1 heterocycles. The lowest BCUT2D eigenvalue weighted by molar-refractivity contribution is -0.142. The number of para-hydroxylation sites is 1. The van der Waals surface area contributed by atoms with E-state index in [0.29, 0.717) is 37.4 Å². The number of likely N-dealkylation sites (tertiary alicyclic amines) is 1. The largest absolute Gasteiger partial charge is 0.496 e. The highest BCUT2D eigenvalue weighted by Gasteiger charge is 2.55. The van der Waals surface area contributed by atoms with Crippen molar-refractivity contribution in [2.24, 2.45) is 0 Å². The minimum Gasteiger partial charge on any atom is -0.496 e. The van der Waals surface area contributed by atoms with Crippen LogP contribution in [0.15, 0.2) is 36.4 Å². The van der Waals surface area contributed by atoms with E-state index in [0.717, 1.165) is 5.57 Å². The zero-order chi connectivity index (χ0) is 22.3. The molecule has 0 saturated carbocycles. The monoisotopic (exact) mass is 416 g/mol. The summed E-state index contributed by atoms with van der Waals surface area (Å²) in [4.78, 5) is 42.6. The van der Waals surface area contributed by atoms with Crippen molar-refractivity contribution in [3.05, 3.63) is 42.0 Å². The van der Waals surface area contributed by atoms with Gasteiger partial charge in [-0.15, -0.1) is 0 Å². The zero-order valence-corrected chi connectivity index (χ0v) is 18.4. The second-order valence-electron chi connectivity index (χ2n) is 7.70. The normalized spacial score (nSPS) is 18.6. The van der Waals surface area contributed by atoms with Crippen LogP contribution in [0.4, 0.5) is 0 Å². The van der Waals surface area contributed by atoms with Crippen LogP contribution < -0.4 is 4.74 Å². The third kappa shape index (κ3) is 4.90. The lowest BCUT2D eigenvalue weighted by Gasteiger charge is -2.31. The average Bonchev–Trinajstić information content (AvgIpc) is 2.96. The lowest BCUT2D eigenvalue weighted by Crippen LogP contribution is -2.44. The van der Waals surface area contributed by atoms with Crippen molar-refractivity contribution in [3.63, 3.8) is 0 Å². The highest BCUT2D eigenvalue weighted by atomic mass is 16.5. The van der Waals surface area contributed by atoms with E-state index >= 15 is 0 Å². The quantitative estimate of drug-likeness (QED) is 0.315. The Bertz CT molecular complexity index is 807. The summed E-state index contributed by atoms with van der Waals surface area (Å²) in [7, 11) is 3.09. The Hall–Kier alpha value is -2.67. The summed E-state index contributed by atoms with van der Waals surface area (Å²) in [5.41, 5.74) is 0.141. The van der Waals surface area contributed by atoms with E-state index in [1.165, 1.54) is 12.0 Å². The third-order valence-corrected chi connectivity index (χ3v) is 5.41. The Morgan fingerprint density at radius 1 is 1.27 bits per heavy atom. The Labute approximate surface area is 178 Å². The molecule has 1 fully saturated rings. The highest BCUT2D eigenvalue weighted by molar-refractivity contribution is 6.11. The molecule has 1 saturated heterocycles. The van der Waals surface area contributed by atoms with Crippen LogP contribution in [0, 0.1) is 0 Å². The molecule has 2 rings (SSSR count). The fourth-order valence-corrected chi connectivity index (χ4v) is 3.95. The number of benzene rings is 1. The smallest absolute Gasteiger partial charge is 0.241 e. The molecule has 0 bridgehead atoms. The molecule has 0 aromatic heterocycles. The predicted octanol–water partition coefficient (Wildman–Crippen LogP) is 2.54. The Balaban J connectivity index is 2.47. The van der Waals surface area contributed by atoms with E-state index in [1.807, 2.05) is 13.8 Å². The standard InChI is InChI=1S/C23H32N2O5/c1-6-24(16-17(2)3)20(26)14-23(18-10-7-8-11-19(18)30-5)15-21(27)25(22(23)28)12-9-13-29-4/h7-8,10-11H,2,6,9,12-16H2,1,3-5H3. The van der Waals surface area contributed by atoms with Crippen LogP contribution in [-0.2, 0) is 24.5 Å². The number of hydrogen-bond acceptors (Lipinski definition) is 5. The molecule has 3 amide bonds. The van der Waals surface area contributed by atoms with Crippen LogP contribution in [0.2, 0.25) is 0 Å². The highest BCUT2D eigenvalue weighted by Crippen LogP contribution is 2.44. The van der Waals surface area contributed by atoms with Crippen molar-refractivity contribution >= 4 is 17.7 Å². The summed E-state index contributed by atoms with van der Waals surface area (Å²) in [6.07, 6.45) is 0.385. The number of ether oxygens (including phenoxy) is 2. The second kappa shape index (κ2) is 10.4. The fourth-order valence-electron chi connectivity index (χ4n) is 3.95. The molecule has 1 atom stereocenters. The van der Waals surface area contributed by atoms with Gasteiger partial charge in [-0.25, -0.2) is 0 Å². The van der Waals surface area contributed by atoms with E-state index in [4.69, 9.17) is 9.47 Å². The van der Waals surface area contributed by atoms with Crippen molar-refractivity contribution in [2.75, 3.05) is 40.5 Å². The molecule has 1 aliphatic heterocycles. The molecule has 0 radical (unpaired) electrons. The van der Waals surface area contributed by atoms with E-state index in [2.05, 4.69) is 6.58 Å². The average molecular weight is 417 g/mol. The van der Waals surface area contributed by atoms with E-state index in [-0.39, 0.29) is 37.1 Å². The van der Waals surface area contributed by atoms with Crippen molar-refractivity contribution in [3.8, 4) is 5.75 Å². The van der Waals surface area contributed by atoms with E-state index < -0.39 is 5.41 Å². The first-order valence-electron chi connectivity index (χ1n) is 10.2. The first-order chi connectivity index (χ1) is 14.3. The van der Waals surface area contributed by atoms with Gasteiger partial charge in [-0.1, -0.05) is 30.4 Å². The molecular formula is C23H32N2O5. The van der Waals surface area contributed by atoms with Gasteiger partial charge in [0.05, 0.1) is 12.5 Å². The summed E-state index contributed by atoms with van der Waals surface area (Å²) in [5.74, 6) is -0.329. The number of carbonyl (C=O) groups is 3. The molecule has 30 heavy (non-hydrogen) atoms. The molecular weight excluding hydrogens is 384 g/mol. The number of imide groups is 1. The minimum atomic E-state index is -1.28. The van der Waals surface area contributed by atoms with Crippen LogP contribution >= 0.6 is 0 Å². The maximum Gasteiger partial charge on any atom is 0.241 e. The van der Waals surface area contributed by atoms with Gasteiger partial charge in [0.2, 0.25) is 17.7 Å². The molecule has 7 nitrogen and oxygen atoms in total. The number of methoxy groups -OCH3 is 2. The lowest BCUT2D eigenvalue weighted by atomic mass is 9.75. The molecule has 0 aliphatic carbocycles. The zero-order valence-electron chi connectivity index (χ0n) is 18.4. The Kier molecular flexibility index (Phi) is 8.17. The van der Waals surface area contributed by atoms with Gasteiger partial charge in [-0.2, -0.15) is 0 Å². The third-order valence-electron chi connectivity index (χ3n) is 5.41. The number of likely N-dealkylation sites (N-methyl/N-ethyl adjacent to an activating group) is 1. The maximum absolute atomic E-state index is 13.6. The molecule has 164 valence electrons. The molecule has 0 N–H and O–H groups in total. The van der Waals surface area contributed by atoms with Crippen molar-refractivity contribution in [1.82, 2.24) is 9.80 Å². The van der Waals surface area contributed by atoms with Gasteiger partial charge in [0.15, 0.2) is 0 Å². The fraction of sp³-hybridized carbons (Fsp3) is 0.522. The van der Waals surface area contributed by atoms with Crippen molar-refractivity contribution < 1.29 is 23.9 Å². The summed E-state index contributed by atoms with van der Waals surface area (Å²) < 4.78 is 10.5. The Morgan fingerprint density at radius 3 is 2.57 bits per heavy atom. The van der Waals surface area contributed by atoms with Crippen LogP contribution in [0.3, 0.4) is 0 Å². The van der Waals surface area contributed by atoms with Crippen molar-refractivity contribution in [1.29, 1.82) is 0 Å². The minimum absolute atomic E-state index is 0.0600. The second-order valence-corrected chi connectivity index (χ2v) is 7.70. The van der Waals surface area contributed by atoms with Crippen LogP contribution in [-0.4, -0.2) is 68.0 Å². The first-order valence-corrected chi connectivity index (χ1v) is 10.2. The van der Waals surface area contributed by atoms with Gasteiger partial charge < -0.3 is 14.4 Å². The van der Waals surface area contributed by atoms with Gasteiger partial charge >= 0.3 is 0 Å². The van der Waals surface area contributed by atoms with Gasteiger partial charge in [0, 0.05) is 51.8 Å². The van der Waals surface area contributed by atoms with Crippen LogP contribution in [0.1, 0.15) is 38.7 Å². The van der Waals surface area contributed by atoms with Gasteiger partial charge in [-0.05, 0) is 26.3 Å². The molecule has 0 spiro atoms. The SMILES string of the molecule is C=C(C)CN(CC)C(=O)CC1(c2ccccc2OC)CC(=O)N(CCCOC)C1=O. The molecule has 1 unspecified atom stereocenters. The van der Waals surface area contributed by atoms with E-state index in [1.54, 1.807) is 36.3 Å². The molecule has 1 aliphatic rings. The summed E-state index contributed by atoms with van der Waals surface area (Å²) in [5, 5.41) is 0. The van der Waals surface area contributed by atoms with Crippen molar-refractivity contribution in [2.45, 2.75) is 38.5 Å². The topological polar surface area (TPSA) is 76.2 Å². The first kappa shape index (κ1) is 23.6. The molecule has 1 aromatic rings. The summed E-state index contributed by atoms with van der Waals surface area (Å²) >= 11 is 0. The number of hydrogen-bond donors (Lipinski definition) is 0. The molecule has 7 heteroatoms. The summed E-state index contributed by atoms with van der Waals surface area (Å²) in [6, 6.07) is 7.11. The Morgan fingerprint density at radius 2 is 1.97 bits per heavy atom. The molecule has 1 aromatic carbocycles. The number of carbonyl (C=O) groups excluding carboxylic acids is 3. The van der Waals surface area contributed by atoms with Gasteiger partial charge in [-0.3, -0.25) is 19.3 Å². The summed E-state index contributed by atoms with van der Waals surface area (Å²) in [6.45, 7) is 9.24. The predicted molar refractivity (Wildman–Crippen MR) is 114 cm³/mol. The van der Waals surface area contributed by atoms with E-state index in [9.17, 15) is 14.4 Å². The van der Waals surface area contributed by atoms with Gasteiger partial charge in [0.1, 0.15) is 5.75 Å². The number of amides is 3. The van der Waals surface area contributed by atoms with Crippen LogP contribution in [0.5, 0.6) is 5.75 Å². The number of nitrogens with zero attached hydrogens (tertiary/aromatic N) is 2.